The molecule has 0 aliphatic carbocycles. The molecular formula is C14H18ClN3S. The number of rotatable bonds is 2. The smallest absolute Gasteiger partial charge is 0.198 e. The van der Waals surface area contributed by atoms with Crippen LogP contribution in [0, 0.1) is 0 Å². The van der Waals surface area contributed by atoms with Crippen molar-refractivity contribution in [3.8, 4) is 0 Å². The molecule has 1 aliphatic rings. The van der Waals surface area contributed by atoms with E-state index >= 15 is 0 Å². The van der Waals surface area contributed by atoms with E-state index in [-0.39, 0.29) is 0 Å². The number of thiazole rings is 1. The third kappa shape index (κ3) is 2.71. The van der Waals surface area contributed by atoms with Gasteiger partial charge in [-0.1, -0.05) is 29.4 Å². The van der Waals surface area contributed by atoms with Crippen molar-refractivity contribution in [2.75, 3.05) is 5.43 Å². The lowest BCUT2D eigenvalue weighted by molar-refractivity contribution is 0.136. The number of hydrogen-bond donors (Lipinski definition) is 1. The number of piperidine rings is 1. The molecule has 0 spiro atoms. The van der Waals surface area contributed by atoms with Crippen molar-refractivity contribution in [1.29, 1.82) is 0 Å². The number of nitrogens with zero attached hydrogens (tertiary/aromatic N) is 2. The largest absolute Gasteiger partial charge is 0.294 e. The fourth-order valence-electron chi connectivity index (χ4n) is 2.70. The molecule has 2 aromatic rings. The Morgan fingerprint density at radius 2 is 2.05 bits per heavy atom. The van der Waals surface area contributed by atoms with Gasteiger partial charge in [-0.25, -0.2) is 9.99 Å². The van der Waals surface area contributed by atoms with Crippen molar-refractivity contribution in [3.63, 3.8) is 0 Å². The lowest BCUT2D eigenvalue weighted by Crippen LogP contribution is -2.47. The molecule has 1 aliphatic heterocycles. The summed E-state index contributed by atoms with van der Waals surface area (Å²) in [6.07, 6.45) is 3.80. The van der Waals surface area contributed by atoms with Crippen molar-refractivity contribution in [2.24, 2.45) is 0 Å². The standard InChI is InChI=1S/C14H18ClN3S/c1-9-4-3-5-10(2)18(9)17-14-16-12-8-11(15)6-7-13(12)19-14/h6-10H,3-5H2,1-2H3,(H,16,17). The van der Waals surface area contributed by atoms with E-state index in [9.17, 15) is 0 Å². The van der Waals surface area contributed by atoms with Crippen molar-refractivity contribution in [2.45, 2.75) is 45.2 Å². The number of hydrogen-bond acceptors (Lipinski definition) is 4. The second kappa shape index (κ2) is 5.27. The van der Waals surface area contributed by atoms with E-state index in [1.165, 1.54) is 24.0 Å². The van der Waals surface area contributed by atoms with E-state index in [2.05, 4.69) is 29.3 Å². The molecule has 1 fully saturated rings. The highest BCUT2D eigenvalue weighted by atomic mass is 35.5. The molecule has 1 aromatic carbocycles. The van der Waals surface area contributed by atoms with Gasteiger partial charge in [0.25, 0.3) is 0 Å². The lowest BCUT2D eigenvalue weighted by Gasteiger charge is -2.38. The van der Waals surface area contributed by atoms with E-state index in [4.69, 9.17) is 11.6 Å². The third-order valence-electron chi connectivity index (χ3n) is 3.77. The molecule has 0 saturated carbocycles. The first-order valence-electron chi connectivity index (χ1n) is 6.74. The molecule has 3 nitrogen and oxygen atoms in total. The van der Waals surface area contributed by atoms with E-state index in [0.29, 0.717) is 12.1 Å². The van der Waals surface area contributed by atoms with Gasteiger partial charge in [0, 0.05) is 17.1 Å². The van der Waals surface area contributed by atoms with Crippen LogP contribution in [0.3, 0.4) is 0 Å². The van der Waals surface area contributed by atoms with E-state index in [1.54, 1.807) is 11.3 Å². The number of aromatic nitrogens is 1. The molecule has 2 unspecified atom stereocenters. The molecule has 0 amide bonds. The van der Waals surface area contributed by atoms with Crippen LogP contribution in [0.25, 0.3) is 10.2 Å². The van der Waals surface area contributed by atoms with Gasteiger partial charge in [0.2, 0.25) is 0 Å². The first kappa shape index (κ1) is 13.2. The Morgan fingerprint density at radius 1 is 1.32 bits per heavy atom. The first-order chi connectivity index (χ1) is 9.13. The normalized spacial score (nSPS) is 24.8. The van der Waals surface area contributed by atoms with Crippen LogP contribution in [-0.2, 0) is 0 Å². The highest BCUT2D eigenvalue weighted by molar-refractivity contribution is 7.22. The molecule has 3 rings (SSSR count). The molecular weight excluding hydrogens is 278 g/mol. The fourth-order valence-corrected chi connectivity index (χ4v) is 3.72. The summed E-state index contributed by atoms with van der Waals surface area (Å²) in [6, 6.07) is 6.97. The van der Waals surface area contributed by atoms with Crippen molar-refractivity contribution < 1.29 is 0 Å². The number of benzene rings is 1. The summed E-state index contributed by atoms with van der Waals surface area (Å²) >= 11 is 7.68. The summed E-state index contributed by atoms with van der Waals surface area (Å²) in [5, 5.41) is 4.03. The van der Waals surface area contributed by atoms with Gasteiger partial charge in [0.15, 0.2) is 5.13 Å². The molecule has 5 heteroatoms. The highest BCUT2D eigenvalue weighted by Gasteiger charge is 2.25. The Morgan fingerprint density at radius 3 is 2.79 bits per heavy atom. The summed E-state index contributed by atoms with van der Waals surface area (Å²) in [4.78, 5) is 4.62. The Balaban J connectivity index is 1.84. The molecule has 2 atom stereocenters. The van der Waals surface area contributed by atoms with Gasteiger partial charge >= 0.3 is 0 Å². The zero-order valence-electron chi connectivity index (χ0n) is 11.2. The van der Waals surface area contributed by atoms with Crippen LogP contribution in [0.1, 0.15) is 33.1 Å². The molecule has 0 radical (unpaired) electrons. The van der Waals surface area contributed by atoms with Crippen LogP contribution in [-0.4, -0.2) is 22.1 Å². The van der Waals surface area contributed by atoms with Crippen LogP contribution in [0.4, 0.5) is 5.13 Å². The molecule has 19 heavy (non-hydrogen) atoms. The minimum atomic E-state index is 0.555. The number of halogens is 1. The van der Waals surface area contributed by atoms with Crippen molar-refractivity contribution in [1.82, 2.24) is 9.99 Å². The van der Waals surface area contributed by atoms with Crippen molar-refractivity contribution in [3.05, 3.63) is 23.2 Å². The van der Waals surface area contributed by atoms with E-state index < -0.39 is 0 Å². The lowest BCUT2D eigenvalue weighted by atomic mass is 10.00. The maximum Gasteiger partial charge on any atom is 0.198 e. The van der Waals surface area contributed by atoms with E-state index in [1.807, 2.05) is 18.2 Å². The van der Waals surface area contributed by atoms with Gasteiger partial charge in [-0.15, -0.1) is 0 Å². The Bertz CT molecular complexity index is 573. The number of anilines is 1. The Hall–Kier alpha value is -0.840. The summed E-state index contributed by atoms with van der Waals surface area (Å²) in [5.74, 6) is 0. The molecule has 1 aromatic heterocycles. The van der Waals surface area contributed by atoms with Crippen LogP contribution in [0.2, 0.25) is 5.02 Å². The zero-order valence-corrected chi connectivity index (χ0v) is 12.8. The van der Waals surface area contributed by atoms with Crippen LogP contribution >= 0.6 is 22.9 Å². The second-order valence-corrected chi connectivity index (χ2v) is 6.75. The number of hydrazine groups is 1. The maximum atomic E-state index is 6.00. The third-order valence-corrected chi connectivity index (χ3v) is 4.94. The fraction of sp³-hybridized carbons (Fsp3) is 0.500. The monoisotopic (exact) mass is 295 g/mol. The van der Waals surface area contributed by atoms with E-state index in [0.717, 1.165) is 15.7 Å². The van der Waals surface area contributed by atoms with Crippen LogP contribution in [0.5, 0.6) is 0 Å². The molecule has 102 valence electrons. The summed E-state index contributed by atoms with van der Waals surface area (Å²) in [6.45, 7) is 4.54. The second-order valence-electron chi connectivity index (χ2n) is 5.28. The Labute approximate surface area is 122 Å². The van der Waals surface area contributed by atoms with Gasteiger partial charge < -0.3 is 0 Å². The van der Waals surface area contributed by atoms with Gasteiger partial charge in [-0.05, 0) is 44.9 Å². The minimum Gasteiger partial charge on any atom is -0.294 e. The number of fused-ring (bicyclic) bond motifs is 1. The molecule has 1 saturated heterocycles. The maximum absolute atomic E-state index is 6.00. The molecule has 0 bridgehead atoms. The quantitative estimate of drug-likeness (QED) is 0.881. The summed E-state index contributed by atoms with van der Waals surface area (Å²) in [7, 11) is 0. The van der Waals surface area contributed by atoms with Crippen molar-refractivity contribution >= 4 is 38.3 Å². The highest BCUT2D eigenvalue weighted by Crippen LogP contribution is 2.30. The molecule has 1 N–H and O–H groups in total. The van der Waals surface area contributed by atoms with Crippen LogP contribution < -0.4 is 5.43 Å². The van der Waals surface area contributed by atoms with Gasteiger partial charge in [0.1, 0.15) is 0 Å². The predicted molar refractivity (Wildman–Crippen MR) is 82.9 cm³/mol. The zero-order chi connectivity index (χ0) is 13.4. The average Bonchev–Trinajstić information content (AvgIpc) is 2.75. The van der Waals surface area contributed by atoms with Gasteiger partial charge in [0.05, 0.1) is 10.2 Å². The summed E-state index contributed by atoms with van der Waals surface area (Å²) < 4.78 is 1.17. The molecule has 2 heterocycles. The predicted octanol–water partition coefficient (Wildman–Crippen LogP) is 4.54. The Kier molecular flexibility index (Phi) is 3.65. The topological polar surface area (TPSA) is 28.2 Å². The van der Waals surface area contributed by atoms with Gasteiger partial charge in [-0.2, -0.15) is 0 Å². The average molecular weight is 296 g/mol. The summed E-state index contributed by atoms with van der Waals surface area (Å²) in [5.41, 5.74) is 4.46. The first-order valence-corrected chi connectivity index (χ1v) is 7.94. The minimum absolute atomic E-state index is 0.555. The SMILES string of the molecule is CC1CCCC(C)N1Nc1nc2cc(Cl)ccc2s1. The van der Waals surface area contributed by atoms with Crippen LogP contribution in [0.15, 0.2) is 18.2 Å². The number of nitrogens with one attached hydrogen (secondary N) is 1. The van der Waals surface area contributed by atoms with Gasteiger partial charge in [-0.3, -0.25) is 5.43 Å².